The summed E-state index contributed by atoms with van der Waals surface area (Å²) in [5.74, 6) is -0.956. The van der Waals surface area contributed by atoms with Gasteiger partial charge in [-0.2, -0.15) is 0 Å². The highest BCUT2D eigenvalue weighted by Gasteiger charge is 2.14. The summed E-state index contributed by atoms with van der Waals surface area (Å²) < 4.78 is 32.0. The zero-order valence-electron chi connectivity index (χ0n) is 16.7. The van der Waals surface area contributed by atoms with Crippen LogP contribution in [0.5, 0.6) is 5.75 Å². The van der Waals surface area contributed by atoms with E-state index in [0.717, 1.165) is 24.7 Å². The predicted molar refractivity (Wildman–Crippen MR) is 110 cm³/mol. The van der Waals surface area contributed by atoms with E-state index in [0.29, 0.717) is 30.9 Å². The van der Waals surface area contributed by atoms with Crippen LogP contribution >= 0.6 is 0 Å². The van der Waals surface area contributed by atoms with Crippen LogP contribution in [0.4, 0.5) is 8.78 Å². The first-order valence-electron chi connectivity index (χ1n) is 10.4. The third kappa shape index (κ3) is 7.38. The second-order valence-corrected chi connectivity index (χ2v) is 7.68. The molecule has 1 saturated heterocycles. The van der Waals surface area contributed by atoms with Gasteiger partial charge in [0.15, 0.2) is 11.6 Å². The molecule has 0 saturated carbocycles. The number of aliphatic hydroxyl groups is 1. The van der Waals surface area contributed by atoms with Crippen molar-refractivity contribution in [1.29, 1.82) is 0 Å². The molecule has 2 aromatic rings. The van der Waals surface area contributed by atoms with Crippen molar-refractivity contribution in [2.24, 2.45) is 0 Å². The fourth-order valence-electron chi connectivity index (χ4n) is 3.61. The molecule has 6 heteroatoms. The van der Waals surface area contributed by atoms with E-state index in [1.165, 1.54) is 31.7 Å². The van der Waals surface area contributed by atoms with Crippen molar-refractivity contribution >= 4 is 0 Å². The highest BCUT2D eigenvalue weighted by molar-refractivity contribution is 5.28. The summed E-state index contributed by atoms with van der Waals surface area (Å²) in [7, 11) is 0. The van der Waals surface area contributed by atoms with Crippen LogP contribution in [0.15, 0.2) is 42.5 Å². The van der Waals surface area contributed by atoms with Crippen molar-refractivity contribution in [3.05, 3.63) is 65.2 Å². The second kappa shape index (κ2) is 11.2. The third-order valence-corrected chi connectivity index (χ3v) is 5.15. The van der Waals surface area contributed by atoms with E-state index in [1.54, 1.807) is 6.07 Å². The SMILES string of the molecule is O[C@@H](COc1cccc(CNCc2ccc(F)c(F)c2)c1)CN1CCCCCC1. The van der Waals surface area contributed by atoms with Crippen molar-refractivity contribution in [3.63, 3.8) is 0 Å². The maximum absolute atomic E-state index is 13.3. The zero-order chi connectivity index (χ0) is 20.5. The molecule has 158 valence electrons. The molecular weight excluding hydrogens is 374 g/mol. The molecule has 0 radical (unpaired) electrons. The Hall–Kier alpha value is -2.02. The van der Waals surface area contributed by atoms with Crippen LogP contribution in [-0.2, 0) is 13.1 Å². The minimum Gasteiger partial charge on any atom is -0.491 e. The van der Waals surface area contributed by atoms with E-state index < -0.39 is 17.7 Å². The molecule has 0 aromatic heterocycles. The Morgan fingerprint density at radius 3 is 2.38 bits per heavy atom. The van der Waals surface area contributed by atoms with E-state index in [2.05, 4.69) is 10.2 Å². The maximum Gasteiger partial charge on any atom is 0.159 e. The molecular formula is C23H30F2N2O2. The van der Waals surface area contributed by atoms with Gasteiger partial charge in [0.1, 0.15) is 18.5 Å². The Labute approximate surface area is 171 Å². The Morgan fingerprint density at radius 1 is 0.931 bits per heavy atom. The molecule has 0 bridgehead atoms. The number of nitrogens with zero attached hydrogens (tertiary/aromatic N) is 1. The van der Waals surface area contributed by atoms with Gasteiger partial charge in [0.05, 0.1) is 0 Å². The van der Waals surface area contributed by atoms with Gasteiger partial charge in [-0.1, -0.05) is 31.0 Å². The summed E-state index contributed by atoms with van der Waals surface area (Å²) >= 11 is 0. The molecule has 1 aliphatic heterocycles. The van der Waals surface area contributed by atoms with Crippen molar-refractivity contribution in [2.45, 2.75) is 44.9 Å². The first kappa shape index (κ1) is 21.7. The molecule has 0 spiro atoms. The van der Waals surface area contributed by atoms with Gasteiger partial charge in [0.2, 0.25) is 0 Å². The number of ether oxygens (including phenoxy) is 1. The molecule has 4 nitrogen and oxygen atoms in total. The summed E-state index contributed by atoms with van der Waals surface area (Å²) in [6, 6.07) is 11.6. The number of benzene rings is 2. The molecule has 1 atom stereocenters. The number of hydrogen-bond donors (Lipinski definition) is 2. The summed E-state index contributed by atoms with van der Waals surface area (Å²) in [5.41, 5.74) is 1.71. The third-order valence-electron chi connectivity index (χ3n) is 5.15. The molecule has 1 aliphatic rings. The number of nitrogens with one attached hydrogen (secondary N) is 1. The van der Waals surface area contributed by atoms with E-state index in [9.17, 15) is 13.9 Å². The largest absolute Gasteiger partial charge is 0.491 e. The average molecular weight is 405 g/mol. The van der Waals surface area contributed by atoms with Crippen LogP contribution in [0.25, 0.3) is 0 Å². The van der Waals surface area contributed by atoms with E-state index >= 15 is 0 Å². The monoisotopic (exact) mass is 404 g/mol. The Bertz CT molecular complexity index is 764. The van der Waals surface area contributed by atoms with E-state index in [1.807, 2.05) is 24.3 Å². The van der Waals surface area contributed by atoms with Crippen LogP contribution < -0.4 is 10.1 Å². The van der Waals surface area contributed by atoms with Crippen molar-refractivity contribution in [3.8, 4) is 5.75 Å². The van der Waals surface area contributed by atoms with Gasteiger partial charge in [-0.25, -0.2) is 8.78 Å². The maximum atomic E-state index is 13.3. The van der Waals surface area contributed by atoms with Gasteiger partial charge in [0, 0.05) is 19.6 Å². The number of β-amino-alcohol motifs (C(OH)–C–C–N with tert-alkyl or cyclic N) is 1. The molecule has 2 N–H and O–H groups in total. The summed E-state index contributed by atoms with van der Waals surface area (Å²) in [6.45, 7) is 4.04. The molecule has 0 unspecified atom stereocenters. The standard InChI is InChI=1S/C23H30F2N2O2/c24-22-9-8-19(13-23(22)25)15-26-14-18-6-5-7-21(12-18)29-17-20(28)16-27-10-3-1-2-4-11-27/h5-9,12-13,20,26,28H,1-4,10-11,14-17H2/t20-/m1/s1. The van der Waals surface area contributed by atoms with Gasteiger partial charge in [-0.3, -0.25) is 0 Å². The molecule has 3 rings (SSSR count). The number of rotatable bonds is 9. The highest BCUT2D eigenvalue weighted by atomic mass is 19.2. The normalized spacial score (nSPS) is 16.4. The lowest BCUT2D eigenvalue weighted by atomic mass is 10.2. The Morgan fingerprint density at radius 2 is 1.66 bits per heavy atom. The minimum atomic E-state index is -0.836. The minimum absolute atomic E-state index is 0.266. The summed E-state index contributed by atoms with van der Waals surface area (Å²) in [5, 5.41) is 13.5. The topological polar surface area (TPSA) is 44.7 Å². The smallest absolute Gasteiger partial charge is 0.159 e. The molecule has 0 amide bonds. The fourth-order valence-corrected chi connectivity index (χ4v) is 3.61. The molecule has 1 fully saturated rings. The predicted octanol–water partition coefficient (Wildman–Crippen LogP) is 3.87. The van der Waals surface area contributed by atoms with Crippen molar-refractivity contribution < 1.29 is 18.6 Å². The van der Waals surface area contributed by atoms with Gasteiger partial charge in [-0.05, 0) is 61.3 Å². The van der Waals surface area contributed by atoms with Crippen LogP contribution in [0.3, 0.4) is 0 Å². The van der Waals surface area contributed by atoms with Crippen LogP contribution in [0, 0.1) is 11.6 Å². The first-order chi connectivity index (χ1) is 14.1. The fraction of sp³-hybridized carbons (Fsp3) is 0.478. The molecule has 0 aliphatic carbocycles. The van der Waals surface area contributed by atoms with Crippen LogP contribution in [0.1, 0.15) is 36.8 Å². The van der Waals surface area contributed by atoms with Gasteiger partial charge in [-0.15, -0.1) is 0 Å². The summed E-state index contributed by atoms with van der Waals surface area (Å²) in [6.07, 6.45) is 4.45. The first-order valence-corrected chi connectivity index (χ1v) is 10.4. The quantitative estimate of drug-likeness (QED) is 0.666. The van der Waals surface area contributed by atoms with Crippen LogP contribution in [-0.4, -0.2) is 42.4 Å². The van der Waals surface area contributed by atoms with Crippen molar-refractivity contribution in [2.75, 3.05) is 26.2 Å². The number of hydrogen-bond acceptors (Lipinski definition) is 4. The number of likely N-dealkylation sites (tertiary alicyclic amines) is 1. The van der Waals surface area contributed by atoms with E-state index in [4.69, 9.17) is 4.74 Å². The molecule has 1 heterocycles. The van der Waals surface area contributed by atoms with Gasteiger partial charge < -0.3 is 20.1 Å². The molecule has 2 aromatic carbocycles. The van der Waals surface area contributed by atoms with Crippen LogP contribution in [0.2, 0.25) is 0 Å². The molecule has 29 heavy (non-hydrogen) atoms. The number of halogens is 2. The lowest BCUT2D eigenvalue weighted by molar-refractivity contribution is 0.0693. The van der Waals surface area contributed by atoms with Gasteiger partial charge >= 0.3 is 0 Å². The Balaban J connectivity index is 1.42. The average Bonchev–Trinajstić information content (AvgIpc) is 2.98. The highest BCUT2D eigenvalue weighted by Crippen LogP contribution is 2.15. The number of aliphatic hydroxyl groups excluding tert-OH is 1. The zero-order valence-corrected chi connectivity index (χ0v) is 16.7. The second-order valence-electron chi connectivity index (χ2n) is 7.68. The lowest BCUT2D eigenvalue weighted by Gasteiger charge is -2.23. The van der Waals surface area contributed by atoms with E-state index in [-0.39, 0.29) is 6.61 Å². The lowest BCUT2D eigenvalue weighted by Crippen LogP contribution is -2.36. The van der Waals surface area contributed by atoms with Gasteiger partial charge in [0.25, 0.3) is 0 Å². The Kier molecular flexibility index (Phi) is 8.40. The van der Waals surface area contributed by atoms with Crippen molar-refractivity contribution in [1.82, 2.24) is 10.2 Å². The summed E-state index contributed by atoms with van der Waals surface area (Å²) in [4.78, 5) is 2.32.